The van der Waals surface area contributed by atoms with Crippen LogP contribution in [-0.2, 0) is 0 Å². The number of rotatable bonds is 6. The zero-order valence-electron chi connectivity index (χ0n) is 11.2. The Hall–Kier alpha value is -1.50. The van der Waals surface area contributed by atoms with Gasteiger partial charge in [0.1, 0.15) is 11.5 Å². The number of nitrogens with zero attached hydrogens (tertiary/aromatic N) is 2. The summed E-state index contributed by atoms with van der Waals surface area (Å²) >= 11 is 0. The minimum Gasteiger partial charge on any atom is -0.305 e. The Bertz CT molecular complexity index is 445. The molecule has 0 aromatic carbocycles. The lowest BCUT2D eigenvalue weighted by atomic mass is 10.0. The van der Waals surface area contributed by atoms with Gasteiger partial charge in [0.05, 0.1) is 12.6 Å². The third kappa shape index (κ3) is 5.64. The lowest BCUT2D eigenvalue weighted by Crippen LogP contribution is -2.31. The second-order valence-electron chi connectivity index (χ2n) is 4.75. The molecule has 112 valence electrons. The van der Waals surface area contributed by atoms with Crippen molar-refractivity contribution in [2.24, 2.45) is 5.92 Å². The van der Waals surface area contributed by atoms with Gasteiger partial charge in [-0.1, -0.05) is 6.92 Å². The van der Waals surface area contributed by atoms with E-state index in [0.717, 1.165) is 12.3 Å². The van der Waals surface area contributed by atoms with Crippen molar-refractivity contribution in [3.8, 4) is 0 Å². The second kappa shape index (κ2) is 6.78. The van der Waals surface area contributed by atoms with E-state index in [-0.39, 0.29) is 24.6 Å². The van der Waals surface area contributed by atoms with Crippen molar-refractivity contribution in [2.75, 3.05) is 20.1 Å². The molecule has 0 fully saturated rings. The van der Waals surface area contributed by atoms with Crippen molar-refractivity contribution < 1.29 is 22.4 Å². The lowest BCUT2D eigenvalue weighted by molar-refractivity contribution is -0.137. The molecule has 1 atom stereocenters. The molecular formula is C13H16F4N2O. The Balaban J connectivity index is 2.51. The van der Waals surface area contributed by atoms with Crippen molar-refractivity contribution in [1.29, 1.82) is 0 Å². The highest BCUT2D eigenvalue weighted by Gasteiger charge is 2.27. The third-order valence-electron chi connectivity index (χ3n) is 2.79. The molecule has 0 bridgehead atoms. The van der Waals surface area contributed by atoms with Gasteiger partial charge in [0.15, 0.2) is 5.78 Å². The maximum atomic E-state index is 12.7. The van der Waals surface area contributed by atoms with E-state index < -0.39 is 24.3 Å². The number of ketones is 1. The van der Waals surface area contributed by atoms with Crippen molar-refractivity contribution in [1.82, 2.24) is 9.88 Å². The topological polar surface area (TPSA) is 33.2 Å². The van der Waals surface area contributed by atoms with E-state index in [4.69, 9.17) is 0 Å². The number of aromatic nitrogens is 1. The highest BCUT2D eigenvalue weighted by Crippen LogP contribution is 2.19. The van der Waals surface area contributed by atoms with Gasteiger partial charge < -0.3 is 4.90 Å². The van der Waals surface area contributed by atoms with Crippen LogP contribution in [0, 0.1) is 11.7 Å². The highest BCUT2D eigenvalue weighted by atomic mass is 19.4. The number of carbonyl (C=O) groups is 1. The van der Waals surface area contributed by atoms with Gasteiger partial charge in [-0.05, 0) is 19.2 Å². The molecule has 1 aromatic heterocycles. The van der Waals surface area contributed by atoms with Gasteiger partial charge in [-0.3, -0.25) is 9.78 Å². The summed E-state index contributed by atoms with van der Waals surface area (Å²) in [4.78, 5) is 17.1. The minimum absolute atomic E-state index is 0.114. The van der Waals surface area contributed by atoms with Crippen LogP contribution in [0.4, 0.5) is 17.6 Å². The number of hydrogen-bond acceptors (Lipinski definition) is 3. The summed E-state index contributed by atoms with van der Waals surface area (Å²) in [6, 6.07) is 2.39. The van der Waals surface area contributed by atoms with Crippen LogP contribution in [0.25, 0.3) is 0 Å². The summed E-state index contributed by atoms with van der Waals surface area (Å²) in [5, 5.41) is 0. The summed E-state index contributed by atoms with van der Waals surface area (Å²) in [6.07, 6.45) is -4.19. The van der Waals surface area contributed by atoms with E-state index in [2.05, 4.69) is 4.98 Å². The molecule has 0 aliphatic rings. The predicted molar refractivity (Wildman–Crippen MR) is 65.9 cm³/mol. The Labute approximate surface area is 114 Å². The average molecular weight is 292 g/mol. The smallest absolute Gasteiger partial charge is 0.305 e. The van der Waals surface area contributed by atoms with E-state index >= 15 is 0 Å². The number of halogens is 4. The van der Waals surface area contributed by atoms with Crippen LogP contribution in [0.3, 0.4) is 0 Å². The van der Waals surface area contributed by atoms with Gasteiger partial charge in [0, 0.05) is 19.0 Å². The van der Waals surface area contributed by atoms with Crippen LogP contribution in [0.5, 0.6) is 0 Å². The van der Waals surface area contributed by atoms with Crippen LogP contribution in [0.1, 0.15) is 23.8 Å². The summed E-state index contributed by atoms with van der Waals surface area (Å²) in [5.74, 6) is -1.37. The quantitative estimate of drug-likeness (QED) is 0.597. The van der Waals surface area contributed by atoms with Crippen LogP contribution >= 0.6 is 0 Å². The molecule has 0 N–H and O–H groups in total. The molecule has 20 heavy (non-hydrogen) atoms. The molecule has 3 nitrogen and oxygen atoms in total. The summed E-state index contributed by atoms with van der Waals surface area (Å²) in [6.45, 7) is 1.63. The van der Waals surface area contributed by atoms with Gasteiger partial charge in [-0.2, -0.15) is 13.2 Å². The number of alkyl halides is 3. The standard InChI is InChI=1S/C13H16F4N2O/c1-9(8-19(2)6-5-13(15,16)17)12(20)11-4-3-10(14)7-18-11/h3-4,7,9H,5-6,8H2,1-2H3. The fourth-order valence-corrected chi connectivity index (χ4v) is 1.73. The van der Waals surface area contributed by atoms with Crippen molar-refractivity contribution in [3.63, 3.8) is 0 Å². The molecule has 0 aliphatic carbocycles. The normalized spacial score (nSPS) is 13.6. The molecule has 0 aliphatic heterocycles. The SMILES string of the molecule is CC(CN(C)CCC(F)(F)F)C(=O)c1ccc(F)cn1. The first-order chi connectivity index (χ1) is 9.19. The fourth-order valence-electron chi connectivity index (χ4n) is 1.73. The minimum atomic E-state index is -4.21. The molecule has 0 radical (unpaired) electrons. The number of hydrogen-bond donors (Lipinski definition) is 0. The summed E-state index contributed by atoms with van der Waals surface area (Å²) < 4.78 is 48.9. The van der Waals surface area contributed by atoms with Gasteiger partial charge in [-0.25, -0.2) is 4.39 Å². The van der Waals surface area contributed by atoms with Gasteiger partial charge in [-0.15, -0.1) is 0 Å². The lowest BCUT2D eigenvalue weighted by Gasteiger charge is -2.21. The maximum Gasteiger partial charge on any atom is 0.390 e. The zero-order valence-corrected chi connectivity index (χ0v) is 11.2. The van der Waals surface area contributed by atoms with E-state index in [1.807, 2.05) is 0 Å². The number of Topliss-reactive ketones (excluding diaryl/α,β-unsaturated/α-hetero) is 1. The first-order valence-electron chi connectivity index (χ1n) is 6.10. The van der Waals surface area contributed by atoms with Gasteiger partial charge in [0.25, 0.3) is 0 Å². The summed E-state index contributed by atoms with van der Waals surface area (Å²) in [7, 11) is 1.52. The Morgan fingerprint density at radius 1 is 1.40 bits per heavy atom. The monoisotopic (exact) mass is 292 g/mol. The fraction of sp³-hybridized carbons (Fsp3) is 0.538. The Kier molecular flexibility index (Phi) is 5.62. The predicted octanol–water partition coefficient (Wildman–Crippen LogP) is 2.92. The van der Waals surface area contributed by atoms with Crippen molar-refractivity contribution in [2.45, 2.75) is 19.5 Å². The molecular weight excluding hydrogens is 276 g/mol. The van der Waals surface area contributed by atoms with Gasteiger partial charge in [0.2, 0.25) is 0 Å². The van der Waals surface area contributed by atoms with E-state index in [1.165, 1.54) is 18.0 Å². The number of carbonyl (C=O) groups excluding carboxylic acids is 1. The molecule has 1 unspecified atom stereocenters. The van der Waals surface area contributed by atoms with Crippen LogP contribution in [-0.4, -0.2) is 42.0 Å². The third-order valence-corrected chi connectivity index (χ3v) is 2.79. The zero-order chi connectivity index (χ0) is 15.3. The van der Waals surface area contributed by atoms with Crippen molar-refractivity contribution in [3.05, 3.63) is 29.8 Å². The van der Waals surface area contributed by atoms with Crippen LogP contribution in [0.15, 0.2) is 18.3 Å². The molecule has 0 saturated carbocycles. The van der Waals surface area contributed by atoms with Gasteiger partial charge >= 0.3 is 6.18 Å². The van der Waals surface area contributed by atoms with Crippen LogP contribution in [0.2, 0.25) is 0 Å². The second-order valence-corrected chi connectivity index (χ2v) is 4.75. The molecule has 1 heterocycles. The molecule has 0 amide bonds. The average Bonchev–Trinajstić information content (AvgIpc) is 2.35. The van der Waals surface area contributed by atoms with E-state index in [9.17, 15) is 22.4 Å². The number of pyridine rings is 1. The highest BCUT2D eigenvalue weighted by molar-refractivity contribution is 5.95. The molecule has 1 aromatic rings. The molecule has 0 spiro atoms. The largest absolute Gasteiger partial charge is 0.390 e. The first kappa shape index (κ1) is 16.6. The van der Waals surface area contributed by atoms with E-state index in [0.29, 0.717) is 0 Å². The van der Waals surface area contributed by atoms with Crippen molar-refractivity contribution >= 4 is 5.78 Å². The first-order valence-corrected chi connectivity index (χ1v) is 6.10. The molecule has 1 rings (SSSR count). The Morgan fingerprint density at radius 3 is 2.55 bits per heavy atom. The van der Waals surface area contributed by atoms with Crippen LogP contribution < -0.4 is 0 Å². The molecule has 0 saturated heterocycles. The summed E-state index contributed by atoms with van der Waals surface area (Å²) in [5.41, 5.74) is 0.114. The molecule has 7 heteroatoms. The Morgan fingerprint density at radius 2 is 2.05 bits per heavy atom. The maximum absolute atomic E-state index is 12.7. The van der Waals surface area contributed by atoms with E-state index in [1.54, 1.807) is 6.92 Å².